The lowest BCUT2D eigenvalue weighted by molar-refractivity contribution is 0.0949. The molecule has 2 aromatic heterocycles. The van der Waals surface area contributed by atoms with Gasteiger partial charge in [0, 0.05) is 30.9 Å². The fourth-order valence-electron chi connectivity index (χ4n) is 2.36. The molecule has 0 radical (unpaired) electrons. The molecule has 24 heavy (non-hydrogen) atoms. The average molecular weight is 325 g/mol. The lowest BCUT2D eigenvalue weighted by Crippen LogP contribution is -2.23. The van der Waals surface area contributed by atoms with Gasteiger partial charge in [-0.1, -0.05) is 23.4 Å². The summed E-state index contributed by atoms with van der Waals surface area (Å²) in [6.45, 7) is 3.08. The second-order valence-electron chi connectivity index (χ2n) is 5.42. The van der Waals surface area contributed by atoms with Gasteiger partial charge >= 0.3 is 0 Å². The summed E-state index contributed by atoms with van der Waals surface area (Å²) in [5.74, 6) is 1.90. The van der Waals surface area contributed by atoms with Gasteiger partial charge < -0.3 is 14.4 Å². The molecule has 1 aromatic carbocycles. The van der Waals surface area contributed by atoms with Crippen molar-refractivity contribution in [2.45, 2.75) is 32.9 Å². The Bertz CT molecular complexity index is 794. The molecule has 0 aliphatic heterocycles. The Kier molecular flexibility index (Phi) is 5.00. The van der Waals surface area contributed by atoms with E-state index in [1.807, 2.05) is 31.3 Å². The number of aryl methyl sites for hydroxylation is 3. The fourth-order valence-corrected chi connectivity index (χ4v) is 2.36. The van der Waals surface area contributed by atoms with E-state index >= 15 is 0 Å². The van der Waals surface area contributed by atoms with E-state index in [-0.39, 0.29) is 12.5 Å². The number of hydrogen-bond donors (Lipinski definition) is 1. The number of nitrogens with zero attached hydrogens (tertiary/aromatic N) is 4. The quantitative estimate of drug-likeness (QED) is 0.719. The number of carbonyl (C=O) groups is 1. The van der Waals surface area contributed by atoms with E-state index in [9.17, 15) is 4.79 Å². The van der Waals surface area contributed by atoms with Crippen LogP contribution in [0.5, 0.6) is 0 Å². The third-order valence-corrected chi connectivity index (χ3v) is 3.67. The highest BCUT2D eigenvalue weighted by Crippen LogP contribution is 2.05. The first-order valence-electron chi connectivity index (χ1n) is 7.85. The number of nitrogens with one attached hydrogen (secondary N) is 1. The van der Waals surface area contributed by atoms with E-state index in [4.69, 9.17) is 4.52 Å². The standard InChI is InChI=1S/C17H19N5O2/c1-13-18-9-11-22(13)10-5-8-16-20-15(21-24-16)12-19-17(23)14-6-3-2-4-7-14/h2-4,6-7,9,11H,5,8,10,12H2,1H3,(H,19,23). The molecule has 1 amide bonds. The molecule has 7 heteroatoms. The number of imidazole rings is 1. The van der Waals surface area contributed by atoms with Crippen LogP contribution >= 0.6 is 0 Å². The van der Waals surface area contributed by atoms with Crippen LogP contribution in [0.15, 0.2) is 47.2 Å². The summed E-state index contributed by atoms with van der Waals surface area (Å²) >= 11 is 0. The van der Waals surface area contributed by atoms with Gasteiger partial charge in [0.2, 0.25) is 5.89 Å². The van der Waals surface area contributed by atoms with Crippen molar-refractivity contribution in [3.05, 3.63) is 65.8 Å². The lowest BCUT2D eigenvalue weighted by atomic mass is 10.2. The second kappa shape index (κ2) is 7.54. The minimum Gasteiger partial charge on any atom is -0.345 e. The van der Waals surface area contributed by atoms with Gasteiger partial charge in [-0.25, -0.2) is 4.98 Å². The molecule has 0 saturated heterocycles. The normalized spacial score (nSPS) is 10.7. The van der Waals surface area contributed by atoms with E-state index in [0.717, 1.165) is 18.8 Å². The maximum absolute atomic E-state index is 12.0. The van der Waals surface area contributed by atoms with Gasteiger partial charge in [0.25, 0.3) is 5.91 Å². The van der Waals surface area contributed by atoms with Gasteiger partial charge in [-0.3, -0.25) is 4.79 Å². The Hall–Kier alpha value is -2.96. The summed E-state index contributed by atoms with van der Waals surface area (Å²) in [7, 11) is 0. The summed E-state index contributed by atoms with van der Waals surface area (Å²) < 4.78 is 7.30. The predicted octanol–water partition coefficient (Wildman–Crippen LogP) is 2.14. The first-order chi connectivity index (χ1) is 11.7. The fraction of sp³-hybridized carbons (Fsp3) is 0.294. The molecule has 0 aliphatic carbocycles. The minimum absolute atomic E-state index is 0.155. The second-order valence-corrected chi connectivity index (χ2v) is 5.42. The number of carbonyl (C=O) groups excluding carboxylic acids is 1. The number of amides is 1. The molecular formula is C17H19N5O2. The van der Waals surface area contributed by atoms with E-state index in [2.05, 4.69) is 25.0 Å². The van der Waals surface area contributed by atoms with Crippen LogP contribution in [0.3, 0.4) is 0 Å². The van der Waals surface area contributed by atoms with Gasteiger partial charge in [-0.05, 0) is 25.5 Å². The molecule has 7 nitrogen and oxygen atoms in total. The highest BCUT2D eigenvalue weighted by Gasteiger charge is 2.09. The highest BCUT2D eigenvalue weighted by atomic mass is 16.5. The van der Waals surface area contributed by atoms with Crippen molar-refractivity contribution in [3.63, 3.8) is 0 Å². The largest absolute Gasteiger partial charge is 0.345 e. The lowest BCUT2D eigenvalue weighted by Gasteiger charge is -2.02. The molecule has 0 unspecified atom stereocenters. The highest BCUT2D eigenvalue weighted by molar-refractivity contribution is 5.93. The van der Waals surface area contributed by atoms with Gasteiger partial charge in [-0.2, -0.15) is 4.98 Å². The molecule has 3 rings (SSSR count). The van der Waals surface area contributed by atoms with Gasteiger partial charge in [0.15, 0.2) is 5.82 Å². The summed E-state index contributed by atoms with van der Waals surface area (Å²) in [4.78, 5) is 20.4. The first kappa shape index (κ1) is 15.9. The maximum atomic E-state index is 12.0. The molecule has 1 N–H and O–H groups in total. The SMILES string of the molecule is Cc1nccn1CCCc1nc(CNC(=O)c2ccccc2)no1. The Balaban J connectivity index is 1.45. The van der Waals surface area contributed by atoms with Gasteiger partial charge in [0.05, 0.1) is 6.54 Å². The molecule has 124 valence electrons. The summed E-state index contributed by atoms with van der Waals surface area (Å²) in [5.41, 5.74) is 0.608. The molecule has 3 aromatic rings. The van der Waals surface area contributed by atoms with Crippen molar-refractivity contribution in [1.29, 1.82) is 0 Å². The maximum Gasteiger partial charge on any atom is 0.251 e. The molecule has 0 fully saturated rings. The van der Waals surface area contributed by atoms with Gasteiger partial charge in [0.1, 0.15) is 5.82 Å². The Morgan fingerprint density at radius 3 is 2.88 bits per heavy atom. The third-order valence-electron chi connectivity index (χ3n) is 3.67. The summed E-state index contributed by atoms with van der Waals surface area (Å²) in [6.07, 6.45) is 5.32. The van der Waals surface area contributed by atoms with Crippen LogP contribution in [0.25, 0.3) is 0 Å². The minimum atomic E-state index is -0.155. The first-order valence-corrected chi connectivity index (χ1v) is 7.85. The topological polar surface area (TPSA) is 85.8 Å². The van der Waals surface area contributed by atoms with Crippen LogP contribution < -0.4 is 5.32 Å². The van der Waals surface area contributed by atoms with Crippen molar-refractivity contribution in [2.75, 3.05) is 0 Å². The summed E-state index contributed by atoms with van der Waals surface area (Å²) in [6, 6.07) is 9.03. The predicted molar refractivity (Wildman–Crippen MR) is 87.2 cm³/mol. The van der Waals surface area contributed by atoms with Crippen molar-refractivity contribution in [1.82, 2.24) is 25.0 Å². The number of benzene rings is 1. The zero-order valence-corrected chi connectivity index (χ0v) is 13.5. The smallest absolute Gasteiger partial charge is 0.251 e. The van der Waals surface area contributed by atoms with Crippen LogP contribution in [-0.2, 0) is 19.5 Å². The van der Waals surface area contributed by atoms with E-state index in [0.29, 0.717) is 23.7 Å². The van der Waals surface area contributed by atoms with Crippen molar-refractivity contribution in [2.24, 2.45) is 0 Å². The Morgan fingerprint density at radius 2 is 2.12 bits per heavy atom. The zero-order valence-electron chi connectivity index (χ0n) is 13.5. The van der Waals surface area contributed by atoms with E-state index in [1.165, 1.54) is 0 Å². The number of aromatic nitrogens is 4. The van der Waals surface area contributed by atoms with Crippen molar-refractivity contribution >= 4 is 5.91 Å². The van der Waals surface area contributed by atoms with Gasteiger partial charge in [-0.15, -0.1) is 0 Å². The van der Waals surface area contributed by atoms with E-state index < -0.39 is 0 Å². The number of rotatable bonds is 7. The summed E-state index contributed by atoms with van der Waals surface area (Å²) in [5, 5.41) is 6.67. The molecule has 0 bridgehead atoms. The zero-order chi connectivity index (χ0) is 16.8. The number of hydrogen-bond acceptors (Lipinski definition) is 5. The van der Waals surface area contributed by atoms with Crippen LogP contribution in [-0.4, -0.2) is 25.6 Å². The molecule has 0 spiro atoms. The molecular weight excluding hydrogens is 306 g/mol. The molecule has 0 atom stereocenters. The van der Waals surface area contributed by atoms with Crippen molar-refractivity contribution < 1.29 is 9.32 Å². The average Bonchev–Trinajstić information content (AvgIpc) is 3.23. The monoisotopic (exact) mass is 325 g/mol. The van der Waals surface area contributed by atoms with Crippen LogP contribution in [0.1, 0.15) is 34.3 Å². The Morgan fingerprint density at radius 1 is 1.29 bits per heavy atom. The molecule has 0 aliphatic rings. The van der Waals surface area contributed by atoms with E-state index in [1.54, 1.807) is 18.3 Å². The van der Waals surface area contributed by atoms with Crippen LogP contribution in [0.4, 0.5) is 0 Å². The Labute approximate surface area is 139 Å². The van der Waals surface area contributed by atoms with Crippen molar-refractivity contribution in [3.8, 4) is 0 Å². The molecule has 2 heterocycles. The van der Waals surface area contributed by atoms with Crippen LogP contribution in [0, 0.1) is 6.92 Å². The third kappa shape index (κ3) is 4.07. The molecule has 0 saturated carbocycles. The van der Waals surface area contributed by atoms with Crippen LogP contribution in [0.2, 0.25) is 0 Å².